The summed E-state index contributed by atoms with van der Waals surface area (Å²) in [5, 5.41) is 0. The zero-order chi connectivity index (χ0) is 22.6. The van der Waals surface area contributed by atoms with Gasteiger partial charge in [-0.15, -0.1) is 0 Å². The fourth-order valence-electron chi connectivity index (χ4n) is 3.80. The molecule has 31 heavy (non-hydrogen) atoms. The largest absolute Gasteiger partial charge is 0.468 e. The molecule has 1 aliphatic rings. The molecular weight excluding hydrogens is 438 g/mol. The number of amides is 1. The third-order valence-corrected chi connectivity index (χ3v) is 7.78. The van der Waals surface area contributed by atoms with Gasteiger partial charge >= 0.3 is 5.97 Å². The molecule has 0 spiro atoms. The number of sulfonamides is 1. The van der Waals surface area contributed by atoms with Gasteiger partial charge in [-0.05, 0) is 43.4 Å². The number of rotatable bonds is 7. The Morgan fingerprint density at radius 3 is 2.74 bits per heavy atom. The molecule has 1 atom stereocenters. The molecule has 1 aromatic carbocycles. The minimum Gasteiger partial charge on any atom is -0.468 e. The van der Waals surface area contributed by atoms with E-state index in [1.807, 2.05) is 12.1 Å². The normalized spacial score (nSPS) is 18.4. The molecule has 0 N–H and O–H groups in total. The molecule has 0 bridgehead atoms. The van der Waals surface area contributed by atoms with Crippen LogP contribution in [-0.4, -0.2) is 55.1 Å². The maximum Gasteiger partial charge on any atom is 0.325 e. The van der Waals surface area contributed by atoms with Gasteiger partial charge in [0.25, 0.3) is 5.91 Å². The van der Waals surface area contributed by atoms with E-state index in [0.717, 1.165) is 48.6 Å². The van der Waals surface area contributed by atoms with Crippen molar-refractivity contribution < 1.29 is 22.7 Å². The minimum absolute atomic E-state index is 0.0720. The van der Waals surface area contributed by atoms with Crippen molar-refractivity contribution in [2.45, 2.75) is 58.0 Å². The van der Waals surface area contributed by atoms with Crippen molar-refractivity contribution in [2.24, 2.45) is 4.99 Å². The first kappa shape index (κ1) is 23.6. The Labute approximate surface area is 186 Å². The molecule has 3 rings (SSSR count). The lowest BCUT2D eigenvalue weighted by Crippen LogP contribution is -2.47. The summed E-state index contributed by atoms with van der Waals surface area (Å²) in [5.41, 5.74) is 1.99. The Morgan fingerprint density at radius 2 is 2.06 bits per heavy atom. The molecule has 8 nitrogen and oxygen atoms in total. The van der Waals surface area contributed by atoms with E-state index in [-0.39, 0.29) is 6.54 Å². The summed E-state index contributed by atoms with van der Waals surface area (Å²) in [6, 6.07) is 5.22. The number of fused-ring (bicyclic) bond motifs is 1. The number of hydrogen-bond donors (Lipinski definition) is 0. The van der Waals surface area contributed by atoms with Crippen LogP contribution in [0.2, 0.25) is 0 Å². The molecular formula is C21H29N3O5S2. The summed E-state index contributed by atoms with van der Waals surface area (Å²) in [6.45, 7) is 2.39. The number of nitrogens with zero attached hydrogens (tertiary/aromatic N) is 3. The average Bonchev–Trinajstić information content (AvgIpc) is 3.07. The van der Waals surface area contributed by atoms with Crippen molar-refractivity contribution in [3.8, 4) is 0 Å². The number of ether oxygens (including phenoxy) is 1. The van der Waals surface area contributed by atoms with E-state index in [0.29, 0.717) is 17.8 Å². The zero-order valence-corrected chi connectivity index (χ0v) is 19.8. The summed E-state index contributed by atoms with van der Waals surface area (Å²) in [5.74, 6) is -0.944. The lowest BCUT2D eigenvalue weighted by atomic mass is 10.0. The Hall–Kier alpha value is -2.04. The molecule has 1 aromatic heterocycles. The predicted octanol–water partition coefficient (Wildman–Crippen LogP) is 2.46. The number of carbonyl (C=O) groups excluding carboxylic acids is 2. The van der Waals surface area contributed by atoms with E-state index in [1.54, 1.807) is 4.57 Å². The highest BCUT2D eigenvalue weighted by Crippen LogP contribution is 2.23. The van der Waals surface area contributed by atoms with E-state index < -0.39 is 27.9 Å². The van der Waals surface area contributed by atoms with Crippen LogP contribution >= 0.6 is 11.3 Å². The van der Waals surface area contributed by atoms with Crippen LogP contribution in [0.15, 0.2) is 23.2 Å². The fourth-order valence-corrected chi connectivity index (χ4v) is 6.02. The summed E-state index contributed by atoms with van der Waals surface area (Å²) in [7, 11) is -2.20. The number of unbranched alkanes of at least 4 members (excludes halogenated alkanes) is 1. The summed E-state index contributed by atoms with van der Waals surface area (Å²) in [6.07, 6.45) is 6.19. The molecule has 0 saturated carbocycles. The number of aromatic nitrogens is 1. The van der Waals surface area contributed by atoms with Crippen LogP contribution in [-0.2, 0) is 37.3 Å². The van der Waals surface area contributed by atoms with Crippen LogP contribution in [0.5, 0.6) is 0 Å². The van der Waals surface area contributed by atoms with Gasteiger partial charge in [-0.1, -0.05) is 37.2 Å². The second-order valence-corrected chi connectivity index (χ2v) is 10.7. The molecule has 1 amide bonds. The molecule has 1 unspecified atom stereocenters. The first-order valence-corrected chi connectivity index (χ1v) is 13.2. The second kappa shape index (κ2) is 10.1. The van der Waals surface area contributed by atoms with Gasteiger partial charge in [0, 0.05) is 6.54 Å². The Kier molecular flexibility index (Phi) is 7.66. The third kappa shape index (κ3) is 5.61. The molecule has 0 radical (unpaired) electrons. The minimum atomic E-state index is -3.51. The fraction of sp³-hybridized carbons (Fsp3) is 0.571. The topological polar surface area (TPSA) is 98.0 Å². The highest BCUT2D eigenvalue weighted by atomic mass is 32.2. The standard InChI is InChI=1S/C21H29N3O5S2/c1-4-5-8-15-10-11-16-18(13-15)30-21(23(16)14-19(25)29-2)22-20(26)17-9-6-7-12-24(17)31(3,27)28/h10-11,13,17H,4-9,12,14H2,1-3H3. The van der Waals surface area contributed by atoms with E-state index >= 15 is 0 Å². The number of aryl methyl sites for hydroxylation is 1. The summed E-state index contributed by atoms with van der Waals surface area (Å²) in [4.78, 5) is 29.7. The van der Waals surface area contributed by atoms with E-state index in [1.165, 1.54) is 28.3 Å². The van der Waals surface area contributed by atoms with Crippen molar-refractivity contribution in [3.05, 3.63) is 28.6 Å². The Balaban J connectivity index is 2.05. The highest BCUT2D eigenvalue weighted by Gasteiger charge is 2.34. The number of hydrogen-bond acceptors (Lipinski definition) is 6. The molecule has 2 heterocycles. The van der Waals surface area contributed by atoms with Gasteiger partial charge < -0.3 is 9.30 Å². The van der Waals surface area contributed by atoms with Crippen LogP contribution in [0, 0.1) is 0 Å². The van der Waals surface area contributed by atoms with Gasteiger partial charge in [-0.2, -0.15) is 9.30 Å². The third-order valence-electron chi connectivity index (χ3n) is 5.45. The van der Waals surface area contributed by atoms with Crippen molar-refractivity contribution >= 4 is 43.5 Å². The first-order chi connectivity index (χ1) is 14.7. The number of carbonyl (C=O) groups is 2. The number of piperidine rings is 1. The summed E-state index contributed by atoms with van der Waals surface area (Å²) < 4.78 is 32.9. The van der Waals surface area contributed by atoms with Gasteiger partial charge in [-0.3, -0.25) is 9.59 Å². The molecule has 2 aromatic rings. The Bertz CT molecular complexity index is 1130. The van der Waals surface area contributed by atoms with Crippen LogP contribution in [0.25, 0.3) is 10.2 Å². The van der Waals surface area contributed by atoms with Gasteiger partial charge in [0.2, 0.25) is 10.0 Å². The SMILES string of the molecule is CCCCc1ccc2c(c1)sc(=NC(=O)C1CCCCN1S(C)(=O)=O)n2CC(=O)OC. The van der Waals surface area contributed by atoms with Crippen molar-refractivity contribution in [1.82, 2.24) is 8.87 Å². The van der Waals surface area contributed by atoms with E-state index in [2.05, 4.69) is 18.0 Å². The zero-order valence-electron chi connectivity index (χ0n) is 18.2. The van der Waals surface area contributed by atoms with Crippen LogP contribution in [0.4, 0.5) is 0 Å². The lowest BCUT2D eigenvalue weighted by molar-refractivity contribution is -0.141. The monoisotopic (exact) mass is 467 g/mol. The molecule has 10 heteroatoms. The van der Waals surface area contributed by atoms with Crippen molar-refractivity contribution in [2.75, 3.05) is 19.9 Å². The maximum atomic E-state index is 13.0. The number of thiazole rings is 1. The molecule has 1 aliphatic heterocycles. The first-order valence-electron chi connectivity index (χ1n) is 10.5. The van der Waals surface area contributed by atoms with Crippen LogP contribution in [0.1, 0.15) is 44.6 Å². The highest BCUT2D eigenvalue weighted by molar-refractivity contribution is 7.88. The quantitative estimate of drug-likeness (QED) is 0.583. The molecule has 0 aliphatic carbocycles. The molecule has 1 fully saturated rings. The van der Waals surface area contributed by atoms with Gasteiger partial charge in [-0.25, -0.2) is 8.42 Å². The van der Waals surface area contributed by atoms with E-state index in [9.17, 15) is 18.0 Å². The number of benzene rings is 1. The molecule has 170 valence electrons. The molecule has 1 saturated heterocycles. The maximum absolute atomic E-state index is 13.0. The van der Waals surface area contributed by atoms with E-state index in [4.69, 9.17) is 4.74 Å². The van der Waals surface area contributed by atoms with Gasteiger partial charge in [0.1, 0.15) is 12.6 Å². The van der Waals surface area contributed by atoms with Crippen LogP contribution < -0.4 is 4.80 Å². The van der Waals surface area contributed by atoms with Crippen LogP contribution in [0.3, 0.4) is 0 Å². The van der Waals surface area contributed by atoms with Crippen molar-refractivity contribution in [3.63, 3.8) is 0 Å². The Morgan fingerprint density at radius 1 is 1.29 bits per heavy atom. The predicted molar refractivity (Wildman–Crippen MR) is 120 cm³/mol. The second-order valence-electron chi connectivity index (χ2n) is 7.79. The smallest absolute Gasteiger partial charge is 0.325 e. The van der Waals surface area contributed by atoms with Gasteiger partial charge in [0.05, 0.1) is 23.6 Å². The number of methoxy groups -OCH3 is 1. The summed E-state index contributed by atoms with van der Waals surface area (Å²) >= 11 is 1.32. The average molecular weight is 468 g/mol. The van der Waals surface area contributed by atoms with Gasteiger partial charge in [0.15, 0.2) is 4.80 Å². The number of esters is 1. The van der Waals surface area contributed by atoms with Crippen molar-refractivity contribution in [1.29, 1.82) is 0 Å². The lowest BCUT2D eigenvalue weighted by Gasteiger charge is -2.31.